The molecule has 0 aliphatic carbocycles. The molecule has 1 unspecified atom stereocenters. The zero-order chi connectivity index (χ0) is 34.8. The fraction of sp³-hybridized carbons (Fsp3) is 0.455. The van der Waals surface area contributed by atoms with E-state index in [9.17, 15) is 24.1 Å². The molecule has 2 aromatic carbocycles. The standard InChI is InChI=1S/C33H39FN4O9S/c1-6-44-33(48-7-2)28-15-24(47-21(4)39)19-37(28)32(40)25-16-29(43-5)30(18-27(25)38(41)42)45-13-8-14-46-31-17-26(35-20(3)36-31)22-9-11-23(34)12-10-22/h9-12,16-18,24,28,33H,6-8,13-15,19H2,1-5H3/t24-,28+,33?/m1/s1. The first kappa shape index (κ1) is 36.3. The number of nitro benzene ring substituents is 1. The van der Waals surface area contributed by atoms with Crippen LogP contribution in [0, 0.1) is 22.9 Å². The molecule has 0 N–H and O–H groups in total. The minimum Gasteiger partial charge on any atom is -0.493 e. The minimum absolute atomic E-state index is 0.0614. The fourth-order valence-corrected chi connectivity index (χ4v) is 6.38. The van der Waals surface area contributed by atoms with Gasteiger partial charge in [-0.15, -0.1) is 11.8 Å². The summed E-state index contributed by atoms with van der Waals surface area (Å²) in [7, 11) is 1.37. The Bertz CT molecular complexity index is 1590. The molecule has 1 aliphatic rings. The van der Waals surface area contributed by atoms with Crippen LogP contribution in [-0.2, 0) is 14.3 Å². The molecular formula is C33H39FN4O9S. The summed E-state index contributed by atoms with van der Waals surface area (Å²) in [6.07, 6.45) is 0.135. The van der Waals surface area contributed by atoms with E-state index >= 15 is 0 Å². The Kier molecular flexibility index (Phi) is 12.9. The van der Waals surface area contributed by atoms with E-state index in [1.807, 2.05) is 13.8 Å². The van der Waals surface area contributed by atoms with Crippen LogP contribution in [0.4, 0.5) is 10.1 Å². The number of ether oxygens (including phenoxy) is 5. The molecule has 1 aliphatic heterocycles. The smallest absolute Gasteiger partial charge is 0.302 e. The van der Waals surface area contributed by atoms with Crippen LogP contribution in [0.3, 0.4) is 0 Å². The van der Waals surface area contributed by atoms with Crippen molar-refractivity contribution in [3.63, 3.8) is 0 Å². The Morgan fingerprint density at radius 2 is 1.83 bits per heavy atom. The largest absolute Gasteiger partial charge is 0.493 e. The highest BCUT2D eigenvalue weighted by molar-refractivity contribution is 7.99. The van der Waals surface area contributed by atoms with E-state index in [0.29, 0.717) is 48.2 Å². The van der Waals surface area contributed by atoms with Crippen LogP contribution < -0.4 is 14.2 Å². The number of nitro groups is 1. The van der Waals surface area contributed by atoms with Gasteiger partial charge in [0.2, 0.25) is 5.88 Å². The van der Waals surface area contributed by atoms with Crippen LogP contribution in [0.2, 0.25) is 0 Å². The monoisotopic (exact) mass is 686 g/mol. The molecule has 15 heteroatoms. The molecule has 258 valence electrons. The Balaban J connectivity index is 1.47. The average molecular weight is 687 g/mol. The molecule has 0 radical (unpaired) electrons. The number of amides is 1. The normalized spacial score (nSPS) is 16.3. The first-order valence-electron chi connectivity index (χ1n) is 15.5. The molecule has 1 fully saturated rings. The number of methoxy groups -OCH3 is 1. The number of carbonyl (C=O) groups excluding carboxylic acids is 2. The third-order valence-electron chi connectivity index (χ3n) is 7.33. The van der Waals surface area contributed by atoms with Gasteiger partial charge in [0, 0.05) is 44.1 Å². The van der Waals surface area contributed by atoms with Gasteiger partial charge in [-0.1, -0.05) is 6.92 Å². The molecule has 3 atom stereocenters. The van der Waals surface area contributed by atoms with Gasteiger partial charge in [-0.05, 0) is 43.9 Å². The van der Waals surface area contributed by atoms with Crippen molar-refractivity contribution < 1.29 is 42.6 Å². The average Bonchev–Trinajstić information content (AvgIpc) is 3.46. The molecular weight excluding hydrogens is 647 g/mol. The quantitative estimate of drug-likeness (QED) is 0.0605. The Hall–Kier alpha value is -4.50. The van der Waals surface area contributed by atoms with Gasteiger partial charge in [-0.25, -0.2) is 9.37 Å². The number of rotatable bonds is 16. The van der Waals surface area contributed by atoms with Crippen LogP contribution in [0.1, 0.15) is 49.8 Å². The zero-order valence-corrected chi connectivity index (χ0v) is 28.3. The van der Waals surface area contributed by atoms with Crippen molar-refractivity contribution in [3.8, 4) is 28.6 Å². The Morgan fingerprint density at radius 1 is 1.10 bits per heavy atom. The highest BCUT2D eigenvalue weighted by Gasteiger charge is 2.43. The summed E-state index contributed by atoms with van der Waals surface area (Å²) in [5.74, 6) is 0.302. The van der Waals surface area contributed by atoms with E-state index in [-0.39, 0.29) is 42.6 Å². The van der Waals surface area contributed by atoms with Crippen LogP contribution in [0.15, 0.2) is 42.5 Å². The number of nitrogens with zero attached hydrogens (tertiary/aromatic N) is 4. The summed E-state index contributed by atoms with van der Waals surface area (Å²) in [5, 5.41) is 12.2. The zero-order valence-electron chi connectivity index (χ0n) is 27.5. The molecule has 48 heavy (non-hydrogen) atoms. The molecule has 1 aromatic heterocycles. The number of esters is 1. The summed E-state index contributed by atoms with van der Waals surface area (Å²) >= 11 is 1.50. The number of carbonyl (C=O) groups is 2. The molecule has 13 nitrogen and oxygen atoms in total. The summed E-state index contributed by atoms with van der Waals surface area (Å²) in [6, 6.07) is 9.57. The molecule has 0 bridgehead atoms. The van der Waals surface area contributed by atoms with Crippen molar-refractivity contribution in [1.82, 2.24) is 14.9 Å². The maximum Gasteiger partial charge on any atom is 0.302 e. The van der Waals surface area contributed by atoms with Crippen molar-refractivity contribution in [3.05, 3.63) is 69.8 Å². The van der Waals surface area contributed by atoms with Crippen molar-refractivity contribution in [2.24, 2.45) is 0 Å². The molecule has 3 aromatic rings. The second-order valence-electron chi connectivity index (χ2n) is 10.7. The molecule has 0 spiro atoms. The Labute approximate surface area is 282 Å². The van der Waals surface area contributed by atoms with Gasteiger partial charge in [-0.2, -0.15) is 4.98 Å². The van der Waals surface area contributed by atoms with Crippen molar-refractivity contribution in [2.75, 3.05) is 39.2 Å². The van der Waals surface area contributed by atoms with E-state index in [1.54, 1.807) is 25.1 Å². The van der Waals surface area contributed by atoms with Gasteiger partial charge in [0.1, 0.15) is 28.7 Å². The third-order valence-corrected chi connectivity index (χ3v) is 8.45. The van der Waals surface area contributed by atoms with Gasteiger partial charge in [0.25, 0.3) is 11.6 Å². The highest BCUT2D eigenvalue weighted by Crippen LogP contribution is 2.38. The van der Waals surface area contributed by atoms with Gasteiger partial charge in [0.15, 0.2) is 11.5 Å². The number of thioether (sulfide) groups is 1. The van der Waals surface area contributed by atoms with Crippen molar-refractivity contribution in [2.45, 2.75) is 58.1 Å². The van der Waals surface area contributed by atoms with Crippen LogP contribution >= 0.6 is 11.8 Å². The summed E-state index contributed by atoms with van der Waals surface area (Å²) in [4.78, 5) is 47.4. The second-order valence-corrected chi connectivity index (χ2v) is 12.1. The van der Waals surface area contributed by atoms with Crippen molar-refractivity contribution in [1.29, 1.82) is 0 Å². The fourth-order valence-electron chi connectivity index (χ4n) is 5.34. The number of hydrogen-bond acceptors (Lipinski definition) is 12. The molecule has 4 rings (SSSR count). The van der Waals surface area contributed by atoms with E-state index in [2.05, 4.69) is 9.97 Å². The van der Waals surface area contributed by atoms with E-state index < -0.39 is 40.1 Å². The summed E-state index contributed by atoms with van der Waals surface area (Å²) < 4.78 is 41.8. The minimum atomic E-state index is -0.645. The Morgan fingerprint density at radius 3 is 2.48 bits per heavy atom. The number of hydrogen-bond donors (Lipinski definition) is 0. The maximum absolute atomic E-state index is 14.0. The first-order chi connectivity index (χ1) is 23.0. The second kappa shape index (κ2) is 17.1. The van der Waals surface area contributed by atoms with Gasteiger partial charge < -0.3 is 28.6 Å². The lowest BCUT2D eigenvalue weighted by Gasteiger charge is -2.30. The molecule has 0 saturated carbocycles. The predicted molar refractivity (Wildman–Crippen MR) is 176 cm³/mol. The highest BCUT2D eigenvalue weighted by atomic mass is 32.2. The van der Waals surface area contributed by atoms with Gasteiger partial charge >= 0.3 is 5.97 Å². The lowest BCUT2D eigenvalue weighted by atomic mass is 10.1. The number of aromatic nitrogens is 2. The van der Waals surface area contributed by atoms with Gasteiger partial charge in [-0.3, -0.25) is 19.7 Å². The lowest BCUT2D eigenvalue weighted by molar-refractivity contribution is -0.385. The SMILES string of the molecule is CCOC(SCC)[C@@H]1C[C@@H](OC(C)=O)CN1C(=O)c1cc(OC)c(OCCCOc2cc(-c3ccc(F)cc3)nc(C)n2)cc1[N+](=O)[O-]. The van der Waals surface area contributed by atoms with Crippen molar-refractivity contribution >= 4 is 29.3 Å². The van der Waals surface area contributed by atoms with Crippen LogP contribution in [0.25, 0.3) is 11.3 Å². The molecule has 1 saturated heterocycles. The van der Waals surface area contributed by atoms with E-state index in [4.69, 9.17) is 23.7 Å². The van der Waals surface area contributed by atoms with E-state index in [0.717, 1.165) is 0 Å². The van der Waals surface area contributed by atoms with Crippen LogP contribution in [-0.4, -0.2) is 88.5 Å². The lowest BCUT2D eigenvalue weighted by Crippen LogP contribution is -2.43. The summed E-state index contributed by atoms with van der Waals surface area (Å²) in [5.41, 5.74) is 0.233. The number of benzene rings is 2. The topological polar surface area (TPSA) is 152 Å². The van der Waals surface area contributed by atoms with Gasteiger partial charge in [0.05, 0.1) is 49.6 Å². The van der Waals surface area contributed by atoms with Crippen LogP contribution in [0.5, 0.6) is 17.4 Å². The van der Waals surface area contributed by atoms with E-state index in [1.165, 1.54) is 55.0 Å². The first-order valence-corrected chi connectivity index (χ1v) is 16.5. The molecule has 2 heterocycles. The predicted octanol–water partition coefficient (Wildman–Crippen LogP) is 5.62. The third kappa shape index (κ3) is 9.31. The maximum atomic E-state index is 14.0. The number of halogens is 1. The number of likely N-dealkylation sites (tertiary alicyclic amines) is 1. The summed E-state index contributed by atoms with van der Waals surface area (Å²) in [6.45, 7) is 7.60. The number of aryl methyl sites for hydroxylation is 1. The molecule has 1 amide bonds.